The fraction of sp³-hybridized carbons (Fsp3) is 0.744. The second-order valence-corrected chi connectivity index (χ2v) is 20.8. The summed E-state index contributed by atoms with van der Waals surface area (Å²) >= 11 is 2.65. The van der Waals surface area contributed by atoms with Gasteiger partial charge in [0.2, 0.25) is 0 Å². The maximum absolute atomic E-state index is 12.9. The summed E-state index contributed by atoms with van der Waals surface area (Å²) in [5.41, 5.74) is -1.21. The van der Waals surface area contributed by atoms with E-state index in [1.807, 2.05) is 20.8 Å². The first-order valence-electron chi connectivity index (χ1n) is 20.5. The summed E-state index contributed by atoms with van der Waals surface area (Å²) in [6.45, 7) is 18.0. The molecular weight excluding hydrogens is 891 g/mol. The van der Waals surface area contributed by atoms with Crippen LogP contribution >= 0.6 is 35.3 Å². The predicted molar refractivity (Wildman–Crippen MR) is 239 cm³/mol. The molecule has 0 aliphatic carbocycles. The molecule has 0 saturated heterocycles. The van der Waals surface area contributed by atoms with Crippen molar-refractivity contribution in [2.24, 2.45) is 5.41 Å². The van der Waals surface area contributed by atoms with Gasteiger partial charge in [0.15, 0.2) is 0 Å². The molecule has 0 fully saturated rings. The monoisotopic (exact) mass is 957 g/mol. The van der Waals surface area contributed by atoms with Crippen LogP contribution in [0.25, 0.3) is 0 Å². The van der Waals surface area contributed by atoms with Gasteiger partial charge in [-0.25, -0.2) is 4.79 Å². The third kappa shape index (κ3) is 29.9. The number of carbonyl (C=O) groups is 8. The van der Waals surface area contributed by atoms with Crippen LogP contribution in [0, 0.1) is 5.41 Å². The zero-order valence-corrected chi connectivity index (χ0v) is 40.7. The Labute approximate surface area is 379 Å². The molecule has 0 aromatic rings. The van der Waals surface area contributed by atoms with E-state index in [4.69, 9.17) is 37.0 Å². The maximum Gasteiger partial charge on any atom is 0.500 e. The van der Waals surface area contributed by atoms with Gasteiger partial charge in [-0.1, -0.05) is 69.6 Å². The van der Waals surface area contributed by atoms with Crippen LogP contribution < -0.4 is 16.0 Å². The maximum atomic E-state index is 12.9. The van der Waals surface area contributed by atoms with Crippen molar-refractivity contribution in [3.8, 4) is 0 Å². The molecular formula is C39H67N3O16S3Si. The highest BCUT2D eigenvalue weighted by atomic mass is 32.2. The summed E-state index contributed by atoms with van der Waals surface area (Å²) in [5.74, 6) is -2.98. The van der Waals surface area contributed by atoms with E-state index in [0.717, 1.165) is 41.4 Å². The Bertz CT molecular complexity index is 1410. The van der Waals surface area contributed by atoms with Crippen molar-refractivity contribution in [2.45, 2.75) is 109 Å². The zero-order chi connectivity index (χ0) is 47.0. The van der Waals surface area contributed by atoms with E-state index < -0.39 is 64.3 Å². The number of esters is 5. The minimum absolute atomic E-state index is 0.0166. The summed E-state index contributed by atoms with van der Waals surface area (Å²) in [4.78, 5) is 98.2. The van der Waals surface area contributed by atoms with Crippen LogP contribution in [0.4, 0.5) is 14.4 Å². The van der Waals surface area contributed by atoms with Gasteiger partial charge < -0.3 is 52.9 Å². The van der Waals surface area contributed by atoms with Crippen molar-refractivity contribution in [1.29, 1.82) is 0 Å². The number of amides is 3. The van der Waals surface area contributed by atoms with Crippen LogP contribution in [0.2, 0.25) is 6.04 Å². The fourth-order valence-electron chi connectivity index (χ4n) is 4.85. The van der Waals surface area contributed by atoms with Crippen LogP contribution in [0.5, 0.6) is 0 Å². The number of rotatable bonds is 33. The van der Waals surface area contributed by atoms with Crippen molar-refractivity contribution in [1.82, 2.24) is 16.0 Å². The molecule has 23 heteroatoms. The summed E-state index contributed by atoms with van der Waals surface area (Å²) in [7, 11) is -2.85. The summed E-state index contributed by atoms with van der Waals surface area (Å²) in [5, 5.41) is 5.32. The van der Waals surface area contributed by atoms with E-state index in [-0.39, 0.29) is 83.0 Å². The van der Waals surface area contributed by atoms with E-state index >= 15 is 0 Å². The van der Waals surface area contributed by atoms with Gasteiger partial charge in [-0.15, -0.1) is 0 Å². The molecule has 3 N–H and O–H groups in total. The minimum atomic E-state index is -2.85. The molecule has 19 nitrogen and oxygen atoms in total. The SMILES string of the molecule is C=CC(=O)OCCNC(=O)SC(C)CC(=O)OCC(C)(COC(=O)CC(C)SC(=O)NCCC[Si](OCC)(OCC)OCC)COC(=O)CC(C)SC(=O)NCCOC(=O)CC. The van der Waals surface area contributed by atoms with Gasteiger partial charge in [0.1, 0.15) is 33.0 Å². The first-order chi connectivity index (χ1) is 29.3. The van der Waals surface area contributed by atoms with E-state index in [2.05, 4.69) is 22.5 Å². The smallest absolute Gasteiger partial charge is 0.465 e. The topological polar surface area (TPSA) is 246 Å². The highest BCUT2D eigenvalue weighted by Crippen LogP contribution is 2.24. The van der Waals surface area contributed by atoms with Crippen molar-refractivity contribution >= 4 is 89.7 Å². The number of nitrogens with one attached hydrogen (secondary N) is 3. The van der Waals surface area contributed by atoms with Crippen molar-refractivity contribution < 1.29 is 75.3 Å². The molecule has 0 spiro atoms. The Morgan fingerprint density at radius 1 is 0.581 bits per heavy atom. The van der Waals surface area contributed by atoms with Crippen molar-refractivity contribution in [3.05, 3.63) is 12.7 Å². The van der Waals surface area contributed by atoms with Crippen LogP contribution in [0.1, 0.15) is 87.5 Å². The first-order valence-corrected chi connectivity index (χ1v) is 25.1. The third-order valence-electron chi connectivity index (χ3n) is 7.76. The predicted octanol–water partition coefficient (Wildman–Crippen LogP) is 5.41. The standard InChI is InChI=1S/C39H67N3O16S3Si/c1-10-31(43)51-19-17-41-37(49)60-29(7)23-34(46)54-26-39(9,27-55-35(47)24-30(8)61-38(50)42-18-20-52-32(44)11-2)25-53-33(45)22-28(6)59-36(48)40-16-15-21-62(56-12-3,57-13-4)58-14-5/h10,28-30H,1,11-27H2,2-9H3,(H,40,48)(H,41,49)(H,42,50). The lowest BCUT2D eigenvalue weighted by Gasteiger charge is -2.28. The van der Waals surface area contributed by atoms with Crippen LogP contribution in [-0.4, -0.2) is 143 Å². The number of thioether (sulfide) groups is 3. The van der Waals surface area contributed by atoms with Crippen molar-refractivity contribution in [2.75, 3.05) is 72.5 Å². The van der Waals surface area contributed by atoms with Crippen molar-refractivity contribution in [3.63, 3.8) is 0 Å². The molecule has 0 bridgehead atoms. The largest absolute Gasteiger partial charge is 0.500 e. The van der Waals surface area contributed by atoms with Gasteiger partial charge >= 0.3 is 38.7 Å². The highest BCUT2D eigenvalue weighted by Gasteiger charge is 2.39. The summed E-state index contributed by atoms with van der Waals surface area (Å²) in [6.07, 6.45) is 1.34. The Balaban J connectivity index is 5.30. The molecule has 0 radical (unpaired) electrons. The third-order valence-corrected chi connectivity index (χ3v) is 13.7. The molecule has 0 aromatic heterocycles. The van der Waals surface area contributed by atoms with Gasteiger partial charge in [0.25, 0.3) is 15.7 Å². The van der Waals surface area contributed by atoms with Gasteiger partial charge in [0.05, 0.1) is 37.8 Å². The Morgan fingerprint density at radius 2 is 0.952 bits per heavy atom. The van der Waals surface area contributed by atoms with Crippen LogP contribution in [0.3, 0.4) is 0 Å². The number of hydrogen-bond acceptors (Lipinski definition) is 19. The average Bonchev–Trinajstić information content (AvgIpc) is 3.20. The van der Waals surface area contributed by atoms with E-state index in [1.54, 1.807) is 34.6 Å². The molecule has 0 aromatic carbocycles. The molecule has 0 aliphatic rings. The summed E-state index contributed by atoms with van der Waals surface area (Å²) < 4.78 is 43.8. The molecule has 0 rings (SSSR count). The molecule has 0 heterocycles. The van der Waals surface area contributed by atoms with Crippen LogP contribution in [-0.2, 0) is 60.9 Å². The highest BCUT2D eigenvalue weighted by molar-refractivity contribution is 8.14. The normalized spacial score (nSPS) is 13.5. The number of hydrogen-bond donors (Lipinski definition) is 3. The summed E-state index contributed by atoms with van der Waals surface area (Å²) in [6, 6.07) is 0.529. The molecule has 0 aliphatic heterocycles. The first kappa shape index (κ1) is 58.6. The molecule has 62 heavy (non-hydrogen) atoms. The Kier molecular flexibility index (Phi) is 32.3. The van der Waals surface area contributed by atoms with Gasteiger partial charge in [-0.05, 0) is 34.1 Å². The fourth-order valence-corrected chi connectivity index (χ4v) is 9.77. The molecule has 0 saturated carbocycles. The Morgan fingerprint density at radius 3 is 1.31 bits per heavy atom. The van der Waals surface area contributed by atoms with E-state index in [0.29, 0.717) is 38.8 Å². The molecule has 4 unspecified atom stereocenters. The molecule has 4 atom stereocenters. The lowest BCUT2D eigenvalue weighted by atomic mass is 9.94. The van der Waals surface area contributed by atoms with Gasteiger partial charge in [0, 0.05) is 60.7 Å². The van der Waals surface area contributed by atoms with E-state index in [1.165, 1.54) is 0 Å². The quantitative estimate of drug-likeness (QED) is 0.0245. The molecule has 3 amide bonds. The zero-order valence-electron chi connectivity index (χ0n) is 37.3. The molecule has 356 valence electrons. The average molecular weight is 958 g/mol. The van der Waals surface area contributed by atoms with Gasteiger partial charge in [-0.3, -0.25) is 33.6 Å². The van der Waals surface area contributed by atoms with E-state index in [9.17, 15) is 38.4 Å². The lowest BCUT2D eigenvalue weighted by molar-refractivity contribution is -0.160. The minimum Gasteiger partial charge on any atom is -0.465 e. The van der Waals surface area contributed by atoms with Crippen LogP contribution in [0.15, 0.2) is 12.7 Å². The lowest BCUT2D eigenvalue weighted by Crippen LogP contribution is -2.46. The number of ether oxygens (including phenoxy) is 5. The van der Waals surface area contributed by atoms with Gasteiger partial charge in [-0.2, -0.15) is 0 Å². The second-order valence-electron chi connectivity index (χ2n) is 13.9. The number of carbonyl (C=O) groups excluding carboxylic acids is 8. The Hall–Kier alpha value is -3.35. The second kappa shape index (κ2) is 34.1.